The first-order valence-corrected chi connectivity index (χ1v) is 14.7. The summed E-state index contributed by atoms with van der Waals surface area (Å²) >= 11 is 0. The van der Waals surface area contributed by atoms with E-state index in [9.17, 15) is 19.5 Å². The number of allylic oxidation sites excluding steroid dienone is 1. The predicted octanol–water partition coefficient (Wildman–Crippen LogP) is 6.84. The second-order valence-corrected chi connectivity index (χ2v) is 15.0. The van der Waals surface area contributed by atoms with Crippen LogP contribution >= 0.6 is 0 Å². The molecular weight excluding hydrogens is 464 g/mol. The number of hydrogen-bond donors (Lipinski definition) is 1. The molecule has 5 heteroatoms. The summed E-state index contributed by atoms with van der Waals surface area (Å²) in [4.78, 5) is 38.6. The van der Waals surface area contributed by atoms with Gasteiger partial charge in [-0.05, 0) is 98.7 Å². The third-order valence-electron chi connectivity index (χ3n) is 13.6. The molecule has 5 fully saturated rings. The van der Waals surface area contributed by atoms with Crippen molar-refractivity contribution < 1.29 is 24.2 Å². The van der Waals surface area contributed by atoms with Crippen LogP contribution in [0.3, 0.4) is 0 Å². The van der Waals surface area contributed by atoms with Crippen LogP contribution in [-0.2, 0) is 19.1 Å². The maximum atomic E-state index is 13.1. The zero-order valence-corrected chi connectivity index (χ0v) is 24.1. The molecule has 5 saturated carbocycles. The lowest BCUT2D eigenvalue weighted by atomic mass is 9.31. The number of ketones is 1. The Morgan fingerprint density at radius 2 is 1.62 bits per heavy atom. The first-order chi connectivity index (χ1) is 17.1. The predicted molar refractivity (Wildman–Crippen MR) is 143 cm³/mol. The van der Waals surface area contributed by atoms with Crippen molar-refractivity contribution in [2.75, 3.05) is 0 Å². The van der Waals surface area contributed by atoms with E-state index >= 15 is 0 Å². The van der Waals surface area contributed by atoms with Gasteiger partial charge in [-0.25, -0.2) is 0 Å². The molecule has 5 aliphatic carbocycles. The summed E-state index contributed by atoms with van der Waals surface area (Å²) in [6, 6.07) is 0. The van der Waals surface area contributed by atoms with Crippen LogP contribution in [0, 0.1) is 56.7 Å². The fourth-order valence-electron chi connectivity index (χ4n) is 11.6. The smallest absolute Gasteiger partial charge is 0.309 e. The monoisotopic (exact) mass is 512 g/mol. The molecule has 5 nitrogen and oxygen atoms in total. The highest BCUT2D eigenvalue weighted by molar-refractivity contribution is 5.85. The zero-order valence-electron chi connectivity index (χ0n) is 24.1. The average molecular weight is 513 g/mol. The third-order valence-corrected chi connectivity index (χ3v) is 13.6. The molecule has 0 radical (unpaired) electrons. The van der Waals surface area contributed by atoms with E-state index in [0.29, 0.717) is 31.0 Å². The van der Waals surface area contributed by atoms with Crippen molar-refractivity contribution in [1.82, 2.24) is 0 Å². The molecule has 10 atom stereocenters. The fourth-order valence-corrected chi connectivity index (χ4v) is 11.6. The quantitative estimate of drug-likeness (QED) is 0.331. The van der Waals surface area contributed by atoms with Crippen molar-refractivity contribution >= 4 is 17.7 Å². The number of fused-ring (bicyclic) bond motifs is 7. The van der Waals surface area contributed by atoms with Crippen LogP contribution in [0.5, 0.6) is 0 Å². The molecule has 0 aliphatic heterocycles. The van der Waals surface area contributed by atoms with Crippen LogP contribution < -0.4 is 0 Å². The lowest BCUT2D eigenvalue weighted by Crippen LogP contribution is -2.71. The maximum absolute atomic E-state index is 13.1. The molecule has 37 heavy (non-hydrogen) atoms. The standard InChI is InChI=1S/C32H48O5/c1-18(2)20-11-14-32(27(35)36)16-15-30(7)21(26(20)32)9-10-22-29(6)13-12-24(34)28(4,5)23(29)17-25(31(22,30)8)37-19(3)33/h20-23,25-26H,1,9-17H2,2-8H3,(H,35,36)/t20-,21+,22+,23-,25-,26+,29+,30+,31-,32-/m0/s1. The Kier molecular flexibility index (Phi) is 5.95. The first kappa shape index (κ1) is 26.9. The largest absolute Gasteiger partial charge is 0.481 e. The summed E-state index contributed by atoms with van der Waals surface area (Å²) in [5.41, 5.74) is -0.445. The molecule has 5 aliphatic rings. The van der Waals surface area contributed by atoms with E-state index in [1.165, 1.54) is 6.92 Å². The number of aliphatic carboxylic acids is 1. The molecule has 0 spiro atoms. The highest BCUT2D eigenvalue weighted by atomic mass is 16.5. The third kappa shape index (κ3) is 3.24. The van der Waals surface area contributed by atoms with Crippen molar-refractivity contribution in [1.29, 1.82) is 0 Å². The highest BCUT2D eigenvalue weighted by Crippen LogP contribution is 2.77. The highest BCUT2D eigenvalue weighted by Gasteiger charge is 2.74. The van der Waals surface area contributed by atoms with Gasteiger partial charge in [0.2, 0.25) is 0 Å². The number of carboxylic acid groups (broad SMARTS) is 1. The normalized spacial score (nSPS) is 50.2. The number of esters is 1. The first-order valence-electron chi connectivity index (χ1n) is 14.7. The van der Waals surface area contributed by atoms with Crippen molar-refractivity contribution in [3.05, 3.63) is 12.2 Å². The van der Waals surface area contributed by atoms with Gasteiger partial charge < -0.3 is 9.84 Å². The molecule has 0 heterocycles. The maximum Gasteiger partial charge on any atom is 0.309 e. The van der Waals surface area contributed by atoms with Crippen LogP contribution in [0.25, 0.3) is 0 Å². The lowest BCUT2D eigenvalue weighted by molar-refractivity contribution is -0.275. The number of carbonyl (C=O) groups excluding carboxylic acids is 2. The van der Waals surface area contributed by atoms with Gasteiger partial charge in [-0.1, -0.05) is 46.8 Å². The minimum absolute atomic E-state index is 0.0123. The van der Waals surface area contributed by atoms with Crippen LogP contribution in [0.1, 0.15) is 106 Å². The van der Waals surface area contributed by atoms with Gasteiger partial charge in [0.25, 0.3) is 0 Å². The average Bonchev–Trinajstić information content (AvgIpc) is 3.20. The fraction of sp³-hybridized carbons (Fsp3) is 0.844. The van der Waals surface area contributed by atoms with Crippen molar-refractivity contribution in [2.45, 2.75) is 112 Å². The Balaban J connectivity index is 1.66. The SMILES string of the molecule is C=C(C)[C@@H]1CC[C@]2(C(=O)O)CC[C@]3(C)[C@H](CC[C@@H]4[C@@]5(C)CCC(=O)C(C)(C)[C@@H]5C[C@H](OC(C)=O)[C@]43C)[C@@H]12. The van der Waals surface area contributed by atoms with E-state index in [2.05, 4.69) is 48.1 Å². The topological polar surface area (TPSA) is 80.7 Å². The Labute approximate surface area is 223 Å². The van der Waals surface area contributed by atoms with E-state index in [0.717, 1.165) is 44.1 Å². The van der Waals surface area contributed by atoms with Crippen molar-refractivity contribution in [3.63, 3.8) is 0 Å². The molecule has 206 valence electrons. The van der Waals surface area contributed by atoms with Gasteiger partial charge in [0.05, 0.1) is 5.41 Å². The van der Waals surface area contributed by atoms with Gasteiger partial charge in [0.15, 0.2) is 0 Å². The Bertz CT molecular complexity index is 1040. The number of carbonyl (C=O) groups is 3. The Morgan fingerprint density at radius 3 is 2.22 bits per heavy atom. The zero-order chi connectivity index (χ0) is 27.3. The molecule has 0 bridgehead atoms. The van der Waals surface area contributed by atoms with Crippen molar-refractivity contribution in [2.24, 2.45) is 56.7 Å². The summed E-state index contributed by atoms with van der Waals surface area (Å²) in [6.07, 6.45) is 7.13. The second-order valence-electron chi connectivity index (χ2n) is 15.0. The summed E-state index contributed by atoms with van der Waals surface area (Å²) in [6.45, 7) is 19.3. The molecule has 0 unspecified atom stereocenters. The molecule has 0 aromatic rings. The van der Waals surface area contributed by atoms with Gasteiger partial charge in [-0.3, -0.25) is 14.4 Å². The number of carboxylic acids is 1. The minimum atomic E-state index is -0.672. The molecule has 1 N–H and O–H groups in total. The summed E-state index contributed by atoms with van der Waals surface area (Å²) in [5, 5.41) is 10.6. The number of rotatable bonds is 3. The van der Waals surface area contributed by atoms with Gasteiger partial charge in [-0.15, -0.1) is 0 Å². The molecule has 0 amide bonds. The summed E-state index contributed by atoms with van der Waals surface area (Å²) in [7, 11) is 0. The van der Waals surface area contributed by atoms with E-state index in [-0.39, 0.29) is 52.0 Å². The van der Waals surface area contributed by atoms with Gasteiger partial charge in [-0.2, -0.15) is 0 Å². The molecule has 0 aromatic heterocycles. The van der Waals surface area contributed by atoms with Crippen LogP contribution in [0.15, 0.2) is 12.2 Å². The van der Waals surface area contributed by atoms with E-state index in [1.54, 1.807) is 0 Å². The van der Waals surface area contributed by atoms with Crippen LogP contribution in [0.4, 0.5) is 0 Å². The number of hydrogen-bond acceptors (Lipinski definition) is 4. The lowest BCUT2D eigenvalue weighted by Gasteiger charge is -2.73. The number of ether oxygens (including phenoxy) is 1. The van der Waals surface area contributed by atoms with E-state index < -0.39 is 16.8 Å². The van der Waals surface area contributed by atoms with E-state index in [4.69, 9.17) is 4.74 Å². The van der Waals surface area contributed by atoms with Gasteiger partial charge >= 0.3 is 11.9 Å². The van der Waals surface area contributed by atoms with Crippen LogP contribution in [-0.4, -0.2) is 28.9 Å². The Hall–Kier alpha value is -1.65. The van der Waals surface area contributed by atoms with E-state index in [1.807, 2.05) is 0 Å². The summed E-state index contributed by atoms with van der Waals surface area (Å²) < 4.78 is 6.27. The molecule has 5 rings (SSSR count). The summed E-state index contributed by atoms with van der Waals surface area (Å²) in [5.74, 6) is 0.487. The van der Waals surface area contributed by atoms with Crippen molar-refractivity contribution in [3.8, 4) is 0 Å². The van der Waals surface area contributed by atoms with Gasteiger partial charge in [0, 0.05) is 24.2 Å². The molecular formula is C32H48O5. The van der Waals surface area contributed by atoms with Gasteiger partial charge in [0.1, 0.15) is 11.9 Å². The van der Waals surface area contributed by atoms with Crippen LogP contribution in [0.2, 0.25) is 0 Å². The molecule has 0 saturated heterocycles. The molecule has 0 aromatic carbocycles. The number of Topliss-reactive ketones (excluding diaryl/α,β-unsaturated/α-hetero) is 1. The Morgan fingerprint density at radius 1 is 0.946 bits per heavy atom. The second kappa shape index (κ2) is 8.18. The minimum Gasteiger partial charge on any atom is -0.481 e.